The number of hydrogen-bond acceptors (Lipinski definition) is 4. The van der Waals surface area contributed by atoms with Crippen molar-refractivity contribution in [3.8, 4) is 11.5 Å². The maximum atomic E-state index is 12.4. The number of nitrogens with zero attached hydrogens (tertiary/aromatic N) is 3. The second-order valence-corrected chi connectivity index (χ2v) is 13.2. The Morgan fingerprint density at radius 3 is 2.71 bits per heavy atom. The molecule has 2 atom stereocenters. The average Bonchev–Trinajstić information content (AvgIpc) is 2.92. The Balaban J connectivity index is 2.13. The summed E-state index contributed by atoms with van der Waals surface area (Å²) in [6.45, 7) is 13.6. The fraction of sp³-hybridized carbons (Fsp3) is 0.722. The third-order valence-electron chi connectivity index (χ3n) is 3.64. The van der Waals surface area contributed by atoms with Crippen LogP contribution in [0.3, 0.4) is 0 Å². The van der Waals surface area contributed by atoms with Crippen LogP contribution in [0.2, 0.25) is 19.6 Å². The lowest BCUT2D eigenvalue weighted by molar-refractivity contribution is 0.0267. The van der Waals surface area contributed by atoms with Crippen molar-refractivity contribution in [3.63, 3.8) is 0 Å². The van der Waals surface area contributed by atoms with Gasteiger partial charge in [-0.2, -0.15) is 0 Å². The van der Waals surface area contributed by atoms with Crippen molar-refractivity contribution >= 4 is 26.1 Å². The molecule has 0 aromatic rings. The van der Waals surface area contributed by atoms with Crippen LogP contribution in [0.4, 0.5) is 4.79 Å². The summed E-state index contributed by atoms with van der Waals surface area (Å²) in [5.74, 6) is 3.27. The fourth-order valence-electron chi connectivity index (χ4n) is 2.66. The number of hydrogen-bond donors (Lipinski definition) is 0. The Morgan fingerprint density at radius 2 is 2.08 bits per heavy atom. The molecule has 0 spiro atoms. The first-order valence-electron chi connectivity index (χ1n) is 8.65. The number of rotatable bonds is 1. The van der Waals surface area contributed by atoms with Crippen molar-refractivity contribution in [2.24, 2.45) is 9.98 Å². The van der Waals surface area contributed by atoms with Gasteiger partial charge in [0.25, 0.3) is 0 Å². The molecule has 6 heteroatoms. The van der Waals surface area contributed by atoms with Crippen LogP contribution in [-0.2, 0) is 4.74 Å². The van der Waals surface area contributed by atoms with E-state index in [2.05, 4.69) is 36.1 Å². The minimum Gasteiger partial charge on any atom is -0.444 e. The normalized spacial score (nSPS) is 24.2. The first kappa shape index (κ1) is 18.7. The molecule has 132 valence electrons. The molecule has 2 aliphatic rings. The number of carbonyl (C=O) groups is 1. The van der Waals surface area contributed by atoms with Gasteiger partial charge in [-0.3, -0.25) is 14.9 Å². The number of likely N-dealkylation sites (tertiary alicyclic amines) is 1. The van der Waals surface area contributed by atoms with E-state index in [1.807, 2.05) is 20.8 Å². The van der Waals surface area contributed by atoms with Crippen molar-refractivity contribution in [2.75, 3.05) is 13.1 Å². The van der Waals surface area contributed by atoms with E-state index in [1.165, 1.54) is 0 Å². The molecule has 2 aliphatic heterocycles. The van der Waals surface area contributed by atoms with E-state index in [4.69, 9.17) is 9.73 Å². The molecule has 1 saturated heterocycles. The Hall–Kier alpha value is -1.61. The summed E-state index contributed by atoms with van der Waals surface area (Å²) in [5, 5.41) is 0. The van der Waals surface area contributed by atoms with E-state index >= 15 is 0 Å². The molecule has 0 bridgehead atoms. The summed E-state index contributed by atoms with van der Waals surface area (Å²) in [7, 11) is -1.42. The van der Waals surface area contributed by atoms with E-state index in [-0.39, 0.29) is 18.2 Å². The number of aliphatic imine (C=N–C) groups is 2. The largest absolute Gasteiger partial charge is 0.444 e. The molecule has 5 nitrogen and oxygen atoms in total. The van der Waals surface area contributed by atoms with Gasteiger partial charge in [0.1, 0.15) is 19.7 Å². The Morgan fingerprint density at radius 1 is 1.38 bits per heavy atom. The average molecular weight is 348 g/mol. The highest BCUT2D eigenvalue weighted by atomic mass is 28.3. The minimum absolute atomic E-state index is 0.0416. The van der Waals surface area contributed by atoms with Gasteiger partial charge in [-0.05, 0) is 33.6 Å². The SMILES string of the molecule is CC(C)(C)OC(=O)N1CCCC1C1=NC(C#C[Si](C)(C)C)CN=C1. The van der Waals surface area contributed by atoms with Gasteiger partial charge in [-0.15, -0.1) is 5.54 Å². The second-order valence-electron chi connectivity index (χ2n) is 8.42. The molecular formula is C18H29N3O2Si. The van der Waals surface area contributed by atoms with Gasteiger partial charge in [0.2, 0.25) is 0 Å². The zero-order valence-corrected chi connectivity index (χ0v) is 16.7. The molecule has 0 aromatic heterocycles. The van der Waals surface area contributed by atoms with Crippen LogP contribution in [0, 0.1) is 11.5 Å². The molecule has 0 saturated carbocycles. The smallest absolute Gasteiger partial charge is 0.410 e. The van der Waals surface area contributed by atoms with Gasteiger partial charge in [0.15, 0.2) is 0 Å². The monoisotopic (exact) mass is 347 g/mol. The molecule has 2 unspecified atom stereocenters. The first-order chi connectivity index (χ1) is 11.1. The fourth-order valence-corrected chi connectivity index (χ4v) is 3.26. The summed E-state index contributed by atoms with van der Waals surface area (Å²) >= 11 is 0. The second kappa shape index (κ2) is 7.10. The highest BCUT2D eigenvalue weighted by Crippen LogP contribution is 2.22. The molecule has 0 N–H and O–H groups in total. The minimum atomic E-state index is -1.42. The predicted molar refractivity (Wildman–Crippen MR) is 102 cm³/mol. The summed E-state index contributed by atoms with van der Waals surface area (Å²) < 4.78 is 5.53. The van der Waals surface area contributed by atoms with Crippen LogP contribution in [0.1, 0.15) is 33.6 Å². The molecule has 0 aliphatic carbocycles. The summed E-state index contributed by atoms with van der Waals surface area (Å²) in [4.78, 5) is 23.4. The standard InChI is InChI=1S/C18H29N3O2Si/c1-18(2,3)23-17(22)21-10-7-8-16(21)15-13-19-12-14(20-15)9-11-24(4,5)6/h13-14,16H,7-8,10,12H2,1-6H3. The highest BCUT2D eigenvalue weighted by Gasteiger charge is 2.35. The maximum absolute atomic E-state index is 12.4. The number of carbonyl (C=O) groups excluding carboxylic acids is 1. The maximum Gasteiger partial charge on any atom is 0.410 e. The lowest BCUT2D eigenvalue weighted by atomic mass is 10.1. The Kier molecular flexibility index (Phi) is 5.54. The van der Waals surface area contributed by atoms with Gasteiger partial charge >= 0.3 is 6.09 Å². The van der Waals surface area contributed by atoms with Gasteiger partial charge in [0.05, 0.1) is 18.3 Å². The van der Waals surface area contributed by atoms with Crippen LogP contribution >= 0.6 is 0 Å². The van der Waals surface area contributed by atoms with Crippen molar-refractivity contribution in [1.29, 1.82) is 0 Å². The summed E-state index contributed by atoms with van der Waals surface area (Å²) in [5.41, 5.74) is 3.74. The molecule has 1 fully saturated rings. The van der Waals surface area contributed by atoms with Crippen LogP contribution in [0.5, 0.6) is 0 Å². The zero-order chi connectivity index (χ0) is 18.0. The Labute approximate surface area is 146 Å². The highest BCUT2D eigenvalue weighted by molar-refractivity contribution is 6.83. The van der Waals surface area contributed by atoms with Crippen molar-refractivity contribution < 1.29 is 9.53 Å². The van der Waals surface area contributed by atoms with Gasteiger partial charge < -0.3 is 4.74 Å². The molecular weight excluding hydrogens is 318 g/mol. The van der Waals surface area contributed by atoms with Crippen LogP contribution < -0.4 is 0 Å². The number of amides is 1. The van der Waals surface area contributed by atoms with E-state index < -0.39 is 13.7 Å². The topological polar surface area (TPSA) is 54.3 Å². The van der Waals surface area contributed by atoms with Crippen molar-refractivity contribution in [2.45, 2.75) is 70.9 Å². The third-order valence-corrected chi connectivity index (χ3v) is 4.54. The van der Waals surface area contributed by atoms with Gasteiger partial charge in [0, 0.05) is 12.8 Å². The zero-order valence-electron chi connectivity index (χ0n) is 15.7. The molecule has 24 heavy (non-hydrogen) atoms. The van der Waals surface area contributed by atoms with Gasteiger partial charge in [-0.1, -0.05) is 25.6 Å². The first-order valence-corrected chi connectivity index (χ1v) is 12.1. The van der Waals surface area contributed by atoms with E-state index in [9.17, 15) is 4.79 Å². The van der Waals surface area contributed by atoms with Crippen LogP contribution in [0.15, 0.2) is 9.98 Å². The van der Waals surface area contributed by atoms with Crippen LogP contribution in [-0.4, -0.2) is 61.8 Å². The summed E-state index contributed by atoms with van der Waals surface area (Å²) in [6.07, 6.45) is 3.40. The van der Waals surface area contributed by atoms with Crippen molar-refractivity contribution in [3.05, 3.63) is 0 Å². The lowest BCUT2D eigenvalue weighted by Gasteiger charge is -2.29. The molecule has 0 radical (unpaired) electrons. The van der Waals surface area contributed by atoms with Gasteiger partial charge in [-0.25, -0.2) is 4.79 Å². The molecule has 1 amide bonds. The van der Waals surface area contributed by atoms with Crippen molar-refractivity contribution in [1.82, 2.24) is 4.90 Å². The quantitative estimate of drug-likeness (QED) is 0.540. The third kappa shape index (κ3) is 5.48. The van der Waals surface area contributed by atoms with E-state index in [1.54, 1.807) is 11.1 Å². The van der Waals surface area contributed by atoms with E-state index in [0.717, 1.165) is 18.6 Å². The van der Waals surface area contributed by atoms with E-state index in [0.29, 0.717) is 13.1 Å². The Bertz CT molecular complexity index is 602. The number of ether oxygens (including phenoxy) is 1. The molecule has 0 aromatic carbocycles. The summed E-state index contributed by atoms with van der Waals surface area (Å²) in [6, 6.07) is -0.127. The molecule has 2 heterocycles. The van der Waals surface area contributed by atoms with Crippen LogP contribution in [0.25, 0.3) is 0 Å². The predicted octanol–water partition coefficient (Wildman–Crippen LogP) is 3.16. The lowest BCUT2D eigenvalue weighted by Crippen LogP contribution is -2.44. The molecule has 2 rings (SSSR count).